The maximum Gasteiger partial charge on any atom is 0.0512 e. The summed E-state index contributed by atoms with van der Waals surface area (Å²) in [5.41, 5.74) is 5.32. The van der Waals surface area contributed by atoms with E-state index < -0.39 is 0 Å². The summed E-state index contributed by atoms with van der Waals surface area (Å²) in [7, 11) is 0. The zero-order chi connectivity index (χ0) is 25.3. The normalized spacial score (nSPS) is 10.6. The Morgan fingerprint density at radius 2 is 0.727 bits per heavy atom. The minimum Gasteiger partial charge on any atom is -0.393 e. The molecule has 0 aliphatic rings. The third-order valence-electron chi connectivity index (χ3n) is 5.37. The third kappa shape index (κ3) is 28.4. The van der Waals surface area contributed by atoms with E-state index in [0.717, 1.165) is 6.42 Å². The number of hydrogen-bond acceptors (Lipinski definition) is 1. The number of aliphatic hydroxyl groups is 1. The molecule has 0 radical (unpaired) electrons. The first-order valence-electron chi connectivity index (χ1n) is 13.5. The highest BCUT2D eigenvalue weighted by molar-refractivity contribution is 5.20. The number of aliphatic hydroxyl groups excluding tert-OH is 1. The first-order valence-corrected chi connectivity index (χ1v) is 13.5. The van der Waals surface area contributed by atoms with Crippen molar-refractivity contribution in [3.8, 4) is 0 Å². The molecule has 1 nitrogen and oxygen atoms in total. The quantitative estimate of drug-likeness (QED) is 0.352. The molecule has 0 bridgehead atoms. The van der Waals surface area contributed by atoms with Gasteiger partial charge in [0.05, 0.1) is 6.10 Å². The molecule has 0 aromatic heterocycles. The van der Waals surface area contributed by atoms with Crippen LogP contribution >= 0.6 is 0 Å². The van der Waals surface area contributed by atoms with Crippen LogP contribution in [-0.4, -0.2) is 11.2 Å². The highest BCUT2D eigenvalue weighted by Gasteiger charge is 1.93. The lowest BCUT2D eigenvalue weighted by Gasteiger charge is -2.01. The number of unbranched alkanes of at least 4 members (excludes halogenated alkanes) is 8. The fraction of sp³-hybridized carbons (Fsp3) is 0.625. The standard InChI is InChI=1S/C8H18O.2C8H10.C8H18/c1-3-4-5-6-7-8(2)9;2*1-7-3-5-8(2)6-4-7;1-3-5-7-8-6-4-2/h8-9H,3-7H2,1-2H3;2*3-6H,1-2H3;3-8H2,1-2H3. The van der Waals surface area contributed by atoms with Crippen molar-refractivity contribution >= 4 is 0 Å². The van der Waals surface area contributed by atoms with Crippen molar-refractivity contribution in [2.75, 3.05) is 0 Å². The Bertz CT molecular complexity index is 518. The largest absolute Gasteiger partial charge is 0.393 e. The van der Waals surface area contributed by atoms with Gasteiger partial charge in [-0.3, -0.25) is 0 Å². The molecule has 2 aromatic rings. The van der Waals surface area contributed by atoms with Crippen LogP contribution in [0.5, 0.6) is 0 Å². The Kier molecular flexibility index (Phi) is 25.5. The molecule has 0 aliphatic heterocycles. The second kappa shape index (κ2) is 25.0. The van der Waals surface area contributed by atoms with Gasteiger partial charge < -0.3 is 5.11 Å². The maximum absolute atomic E-state index is 8.85. The topological polar surface area (TPSA) is 20.2 Å². The highest BCUT2D eigenvalue weighted by atomic mass is 16.3. The molecule has 0 saturated carbocycles. The van der Waals surface area contributed by atoms with E-state index in [2.05, 4.69) is 97.0 Å². The van der Waals surface area contributed by atoms with Crippen molar-refractivity contribution in [1.29, 1.82) is 0 Å². The Morgan fingerprint density at radius 3 is 0.939 bits per heavy atom. The lowest BCUT2D eigenvalue weighted by Crippen LogP contribution is -1.97. The van der Waals surface area contributed by atoms with E-state index >= 15 is 0 Å². The monoisotopic (exact) mass is 456 g/mol. The van der Waals surface area contributed by atoms with Crippen LogP contribution in [0, 0.1) is 27.7 Å². The molecule has 0 saturated heterocycles. The summed E-state index contributed by atoms with van der Waals surface area (Å²) in [6.45, 7) is 16.9. The summed E-state index contributed by atoms with van der Waals surface area (Å²) < 4.78 is 0. The lowest BCUT2D eigenvalue weighted by atomic mass is 10.1. The van der Waals surface area contributed by atoms with Crippen LogP contribution in [-0.2, 0) is 0 Å². The highest BCUT2D eigenvalue weighted by Crippen LogP contribution is 2.05. The van der Waals surface area contributed by atoms with Gasteiger partial charge in [-0.05, 0) is 41.0 Å². The van der Waals surface area contributed by atoms with Crippen molar-refractivity contribution in [3.05, 3.63) is 70.8 Å². The van der Waals surface area contributed by atoms with E-state index in [4.69, 9.17) is 5.11 Å². The average molecular weight is 457 g/mol. The van der Waals surface area contributed by atoms with Gasteiger partial charge in [-0.15, -0.1) is 0 Å². The second-order valence-electron chi connectivity index (χ2n) is 9.42. The molecule has 0 spiro atoms. The van der Waals surface area contributed by atoms with Gasteiger partial charge in [0.15, 0.2) is 0 Å². The molecule has 2 rings (SSSR count). The molecule has 1 unspecified atom stereocenters. The fourth-order valence-electron chi connectivity index (χ4n) is 2.99. The Labute approximate surface area is 208 Å². The maximum atomic E-state index is 8.85. The van der Waals surface area contributed by atoms with Crippen LogP contribution in [0.3, 0.4) is 0 Å². The summed E-state index contributed by atoms with van der Waals surface area (Å²) in [6, 6.07) is 17.0. The summed E-state index contributed by atoms with van der Waals surface area (Å²) >= 11 is 0. The minimum absolute atomic E-state index is 0.0955. The van der Waals surface area contributed by atoms with Crippen molar-refractivity contribution in [2.45, 2.75) is 132 Å². The van der Waals surface area contributed by atoms with Crippen molar-refractivity contribution in [1.82, 2.24) is 0 Å². The van der Waals surface area contributed by atoms with Gasteiger partial charge in [0.2, 0.25) is 0 Å². The molecular weight excluding hydrogens is 400 g/mol. The molecule has 2 aromatic carbocycles. The predicted octanol–water partition coefficient (Wildman–Crippen LogP) is 10.3. The number of aryl methyl sites for hydroxylation is 4. The van der Waals surface area contributed by atoms with E-state index in [9.17, 15) is 0 Å². The van der Waals surface area contributed by atoms with E-state index in [-0.39, 0.29) is 6.10 Å². The number of hydrogen-bond donors (Lipinski definition) is 1. The van der Waals surface area contributed by atoms with Crippen molar-refractivity contribution in [2.24, 2.45) is 0 Å². The van der Waals surface area contributed by atoms with Gasteiger partial charge in [-0.2, -0.15) is 0 Å². The van der Waals surface area contributed by atoms with Crippen molar-refractivity contribution < 1.29 is 5.11 Å². The van der Waals surface area contributed by atoms with Gasteiger partial charge in [-0.25, -0.2) is 0 Å². The molecule has 1 heteroatoms. The molecule has 0 amide bonds. The van der Waals surface area contributed by atoms with Crippen LogP contribution in [0.2, 0.25) is 0 Å². The fourth-order valence-corrected chi connectivity index (χ4v) is 2.99. The first kappa shape index (κ1) is 33.6. The van der Waals surface area contributed by atoms with Gasteiger partial charge in [0.1, 0.15) is 0 Å². The molecule has 190 valence electrons. The summed E-state index contributed by atoms with van der Waals surface area (Å²) in [4.78, 5) is 0. The van der Waals surface area contributed by atoms with E-state index in [1.165, 1.54) is 86.5 Å². The smallest absolute Gasteiger partial charge is 0.0512 e. The third-order valence-corrected chi connectivity index (χ3v) is 5.37. The molecule has 0 aliphatic carbocycles. The Balaban J connectivity index is 0. The lowest BCUT2D eigenvalue weighted by molar-refractivity contribution is 0.180. The number of benzene rings is 2. The summed E-state index contributed by atoms with van der Waals surface area (Å²) in [6.07, 6.45) is 14.4. The van der Waals surface area contributed by atoms with Crippen LogP contribution in [0.25, 0.3) is 0 Å². The van der Waals surface area contributed by atoms with E-state index in [0.29, 0.717) is 0 Å². The number of rotatable bonds is 10. The summed E-state index contributed by atoms with van der Waals surface area (Å²) in [5.74, 6) is 0. The zero-order valence-electron chi connectivity index (χ0n) is 23.4. The second-order valence-corrected chi connectivity index (χ2v) is 9.42. The van der Waals surface area contributed by atoms with Gasteiger partial charge in [0, 0.05) is 0 Å². The molecule has 0 fully saturated rings. The Morgan fingerprint density at radius 1 is 0.485 bits per heavy atom. The molecule has 33 heavy (non-hydrogen) atoms. The van der Waals surface area contributed by atoms with Crippen LogP contribution < -0.4 is 0 Å². The van der Waals surface area contributed by atoms with Crippen LogP contribution in [0.15, 0.2) is 48.5 Å². The molecule has 1 atom stereocenters. The van der Waals surface area contributed by atoms with Gasteiger partial charge >= 0.3 is 0 Å². The summed E-state index contributed by atoms with van der Waals surface area (Å²) in [5, 5.41) is 8.85. The SMILES string of the molecule is CCCCCCC(C)O.CCCCCCCC.Cc1ccc(C)cc1.Cc1ccc(C)cc1. The molecule has 1 N–H and O–H groups in total. The van der Waals surface area contributed by atoms with E-state index in [1.54, 1.807) is 0 Å². The Hall–Kier alpha value is -1.60. The molecular formula is C32H56O. The molecule has 0 heterocycles. The predicted molar refractivity (Wildman–Crippen MR) is 151 cm³/mol. The van der Waals surface area contributed by atoms with E-state index in [1.807, 2.05) is 6.92 Å². The van der Waals surface area contributed by atoms with Crippen molar-refractivity contribution in [3.63, 3.8) is 0 Å². The zero-order valence-corrected chi connectivity index (χ0v) is 23.4. The van der Waals surface area contributed by atoms with Gasteiger partial charge in [-0.1, -0.05) is 156 Å². The average Bonchev–Trinajstić information content (AvgIpc) is 2.80. The van der Waals surface area contributed by atoms with Crippen LogP contribution in [0.1, 0.15) is 121 Å². The first-order chi connectivity index (χ1) is 15.8. The minimum atomic E-state index is -0.0955. The van der Waals surface area contributed by atoms with Crippen LogP contribution in [0.4, 0.5) is 0 Å². The van der Waals surface area contributed by atoms with Gasteiger partial charge in [0.25, 0.3) is 0 Å².